The monoisotopic (exact) mass is 327 g/mol. The van der Waals surface area contributed by atoms with E-state index in [1.165, 1.54) is 16.7 Å². The number of halogens is 2. The Morgan fingerprint density at radius 1 is 1.00 bits per heavy atom. The fraction of sp³-hybridized carbons (Fsp3) is 0.105. The second-order valence-corrected chi connectivity index (χ2v) is 5.43. The molecule has 0 saturated carbocycles. The third-order valence-corrected chi connectivity index (χ3v) is 3.61. The summed E-state index contributed by atoms with van der Waals surface area (Å²) in [5, 5.41) is 0. The van der Waals surface area contributed by atoms with Gasteiger partial charge in [-0.3, -0.25) is 9.36 Å². The van der Waals surface area contributed by atoms with Crippen molar-refractivity contribution in [2.75, 3.05) is 0 Å². The molecular formula is C19H15F2NO2. The van der Waals surface area contributed by atoms with Crippen molar-refractivity contribution in [2.24, 2.45) is 0 Å². The molecule has 5 heteroatoms. The lowest BCUT2D eigenvalue weighted by Crippen LogP contribution is -2.16. The highest BCUT2D eigenvalue weighted by Crippen LogP contribution is 2.15. The summed E-state index contributed by atoms with van der Waals surface area (Å²) in [6.45, 7) is 1.89. The Labute approximate surface area is 137 Å². The highest BCUT2D eigenvalue weighted by atomic mass is 19.1. The molecule has 0 atom stereocenters. The minimum Gasteiger partial charge on any atom is -0.489 e. The lowest BCUT2D eigenvalue weighted by Gasteiger charge is -2.10. The van der Waals surface area contributed by atoms with Crippen molar-refractivity contribution in [3.63, 3.8) is 0 Å². The van der Waals surface area contributed by atoms with Gasteiger partial charge < -0.3 is 4.74 Å². The van der Waals surface area contributed by atoms with Crippen LogP contribution in [0, 0.1) is 18.6 Å². The SMILES string of the molecule is Cc1ccc(-n2ccc(OCc3ccc(F)cc3F)cc2=O)cc1. The largest absolute Gasteiger partial charge is 0.489 e. The van der Waals surface area contributed by atoms with E-state index in [-0.39, 0.29) is 17.7 Å². The highest BCUT2D eigenvalue weighted by Gasteiger charge is 2.06. The summed E-state index contributed by atoms with van der Waals surface area (Å²) in [4.78, 5) is 12.2. The van der Waals surface area contributed by atoms with E-state index in [1.807, 2.05) is 31.2 Å². The van der Waals surface area contributed by atoms with Crippen LogP contribution in [0.25, 0.3) is 5.69 Å². The second kappa shape index (κ2) is 6.66. The Bertz CT molecular complexity index is 917. The van der Waals surface area contributed by atoms with Crippen molar-refractivity contribution < 1.29 is 13.5 Å². The van der Waals surface area contributed by atoms with Crippen LogP contribution in [-0.4, -0.2) is 4.57 Å². The minimum absolute atomic E-state index is 0.0832. The van der Waals surface area contributed by atoms with Crippen LogP contribution in [0.5, 0.6) is 5.75 Å². The van der Waals surface area contributed by atoms with Gasteiger partial charge >= 0.3 is 0 Å². The Morgan fingerprint density at radius 2 is 1.75 bits per heavy atom. The van der Waals surface area contributed by atoms with Gasteiger partial charge in [0.05, 0.1) is 0 Å². The maximum absolute atomic E-state index is 13.6. The van der Waals surface area contributed by atoms with Gasteiger partial charge in [0, 0.05) is 29.6 Å². The fourth-order valence-electron chi connectivity index (χ4n) is 2.27. The summed E-state index contributed by atoms with van der Waals surface area (Å²) in [6.07, 6.45) is 1.60. The van der Waals surface area contributed by atoms with Crippen molar-refractivity contribution in [3.8, 4) is 11.4 Å². The molecule has 122 valence electrons. The molecule has 0 N–H and O–H groups in total. The Morgan fingerprint density at radius 3 is 2.42 bits per heavy atom. The van der Waals surface area contributed by atoms with Crippen LogP contribution in [-0.2, 0) is 6.61 Å². The van der Waals surface area contributed by atoms with Crippen molar-refractivity contribution in [3.05, 3.63) is 93.9 Å². The van der Waals surface area contributed by atoms with Gasteiger partial charge in [0.2, 0.25) is 0 Å². The molecule has 0 unspecified atom stereocenters. The normalized spacial score (nSPS) is 10.6. The molecule has 3 rings (SSSR count). The molecule has 0 amide bonds. The molecule has 1 aromatic heterocycles. The van der Waals surface area contributed by atoms with Gasteiger partial charge in [-0.15, -0.1) is 0 Å². The van der Waals surface area contributed by atoms with Crippen LogP contribution in [0.1, 0.15) is 11.1 Å². The summed E-state index contributed by atoms with van der Waals surface area (Å²) in [7, 11) is 0. The van der Waals surface area contributed by atoms with Crippen LogP contribution in [0.2, 0.25) is 0 Å². The number of aryl methyl sites for hydroxylation is 1. The molecule has 3 nitrogen and oxygen atoms in total. The van der Waals surface area contributed by atoms with E-state index >= 15 is 0 Å². The lowest BCUT2D eigenvalue weighted by atomic mass is 10.2. The molecule has 0 aliphatic heterocycles. The average Bonchev–Trinajstić information content (AvgIpc) is 2.55. The van der Waals surface area contributed by atoms with E-state index in [0.29, 0.717) is 5.75 Å². The third-order valence-electron chi connectivity index (χ3n) is 3.61. The van der Waals surface area contributed by atoms with Crippen LogP contribution in [0.15, 0.2) is 65.6 Å². The number of hydrogen-bond acceptors (Lipinski definition) is 2. The molecule has 0 aliphatic rings. The van der Waals surface area contributed by atoms with Crippen molar-refractivity contribution >= 4 is 0 Å². The van der Waals surface area contributed by atoms with Gasteiger partial charge in [0.25, 0.3) is 5.56 Å². The Hall–Kier alpha value is -2.95. The minimum atomic E-state index is -0.678. The van der Waals surface area contributed by atoms with Gasteiger partial charge in [-0.25, -0.2) is 8.78 Å². The molecule has 0 aliphatic carbocycles. The summed E-state index contributed by atoms with van der Waals surface area (Å²) in [5.41, 5.74) is 1.82. The van der Waals surface area contributed by atoms with Crippen LogP contribution in [0.3, 0.4) is 0 Å². The zero-order valence-electron chi connectivity index (χ0n) is 13.0. The molecule has 0 radical (unpaired) electrons. The number of ether oxygens (including phenoxy) is 1. The van der Waals surface area contributed by atoms with E-state index in [0.717, 1.165) is 23.4 Å². The second-order valence-electron chi connectivity index (χ2n) is 5.43. The first-order valence-electron chi connectivity index (χ1n) is 7.39. The first-order chi connectivity index (χ1) is 11.5. The zero-order valence-corrected chi connectivity index (χ0v) is 13.0. The number of pyridine rings is 1. The fourth-order valence-corrected chi connectivity index (χ4v) is 2.27. The zero-order chi connectivity index (χ0) is 17.1. The third kappa shape index (κ3) is 3.51. The van der Waals surface area contributed by atoms with Crippen molar-refractivity contribution in [1.82, 2.24) is 4.57 Å². The summed E-state index contributed by atoms with van der Waals surface area (Å²) in [5.74, 6) is -0.993. The number of nitrogens with zero attached hydrogens (tertiary/aromatic N) is 1. The Balaban J connectivity index is 1.77. The van der Waals surface area contributed by atoms with E-state index in [9.17, 15) is 13.6 Å². The molecule has 0 spiro atoms. The molecule has 0 fully saturated rings. The van der Waals surface area contributed by atoms with Crippen molar-refractivity contribution in [1.29, 1.82) is 0 Å². The van der Waals surface area contributed by atoms with Crippen LogP contribution >= 0.6 is 0 Å². The van der Waals surface area contributed by atoms with Crippen LogP contribution in [0.4, 0.5) is 8.78 Å². The smallest absolute Gasteiger partial charge is 0.258 e. The topological polar surface area (TPSA) is 31.2 Å². The standard InChI is InChI=1S/C19H15F2NO2/c1-13-2-6-16(7-3-13)22-9-8-17(11-19(22)23)24-12-14-4-5-15(20)10-18(14)21/h2-11H,12H2,1H3. The van der Waals surface area contributed by atoms with Gasteiger partial charge in [-0.1, -0.05) is 17.7 Å². The van der Waals surface area contributed by atoms with Gasteiger partial charge in [-0.2, -0.15) is 0 Å². The van der Waals surface area contributed by atoms with Gasteiger partial charge in [0.1, 0.15) is 24.0 Å². The number of benzene rings is 2. The summed E-state index contributed by atoms with van der Waals surface area (Å²) in [6, 6.07) is 13.8. The molecule has 24 heavy (non-hydrogen) atoms. The molecular weight excluding hydrogens is 312 g/mol. The van der Waals surface area contributed by atoms with E-state index in [2.05, 4.69) is 0 Å². The molecule has 0 saturated heterocycles. The predicted molar refractivity (Wildman–Crippen MR) is 87.5 cm³/mol. The van der Waals surface area contributed by atoms with Crippen molar-refractivity contribution in [2.45, 2.75) is 13.5 Å². The maximum Gasteiger partial charge on any atom is 0.258 e. The first-order valence-corrected chi connectivity index (χ1v) is 7.39. The summed E-state index contributed by atoms with van der Waals surface area (Å²) >= 11 is 0. The average molecular weight is 327 g/mol. The summed E-state index contributed by atoms with van der Waals surface area (Å²) < 4.78 is 33.4. The molecule has 1 heterocycles. The van der Waals surface area contributed by atoms with Gasteiger partial charge in [0.15, 0.2) is 0 Å². The predicted octanol–water partition coefficient (Wildman–Crippen LogP) is 4.00. The molecule has 0 bridgehead atoms. The Kier molecular flexibility index (Phi) is 4.42. The van der Waals surface area contributed by atoms with Crippen LogP contribution < -0.4 is 10.3 Å². The number of rotatable bonds is 4. The quantitative estimate of drug-likeness (QED) is 0.725. The maximum atomic E-state index is 13.6. The molecule has 3 aromatic rings. The van der Waals surface area contributed by atoms with E-state index < -0.39 is 11.6 Å². The van der Waals surface area contributed by atoms with E-state index in [4.69, 9.17) is 4.74 Å². The van der Waals surface area contributed by atoms with E-state index in [1.54, 1.807) is 12.3 Å². The number of aromatic nitrogens is 1. The molecule has 2 aromatic carbocycles. The number of hydrogen-bond donors (Lipinski definition) is 0. The van der Waals surface area contributed by atoms with Gasteiger partial charge in [-0.05, 0) is 37.3 Å². The lowest BCUT2D eigenvalue weighted by molar-refractivity contribution is 0.298. The highest BCUT2D eigenvalue weighted by molar-refractivity contribution is 5.36. The first kappa shape index (κ1) is 15.9.